The molecule has 0 radical (unpaired) electrons. The Morgan fingerprint density at radius 2 is 1.67 bits per heavy atom. The second-order valence-corrected chi connectivity index (χ2v) is 7.26. The fraction of sp³-hybridized carbons (Fsp3) is 0.682. The van der Waals surface area contributed by atoms with Gasteiger partial charge in [0.2, 0.25) is 0 Å². The molecule has 0 aromatic heterocycles. The van der Waals surface area contributed by atoms with E-state index in [0.29, 0.717) is 11.7 Å². The molecule has 134 valence electrons. The zero-order chi connectivity index (χ0) is 17.2. The molecule has 2 unspecified atom stereocenters. The summed E-state index contributed by atoms with van der Waals surface area (Å²) >= 11 is 0. The first-order valence-corrected chi connectivity index (χ1v) is 10.00. The van der Waals surface area contributed by atoms with Crippen molar-refractivity contribution in [1.82, 2.24) is 0 Å². The lowest BCUT2D eigenvalue weighted by Crippen LogP contribution is -2.23. The van der Waals surface area contributed by atoms with Gasteiger partial charge in [-0.25, -0.2) is 0 Å². The number of rotatable bonds is 10. The molecule has 0 saturated heterocycles. The molecule has 2 rings (SSSR count). The highest BCUT2D eigenvalue weighted by Gasteiger charge is 2.28. The van der Waals surface area contributed by atoms with E-state index < -0.39 is 0 Å². The molecule has 1 saturated carbocycles. The van der Waals surface area contributed by atoms with Gasteiger partial charge < -0.3 is 4.74 Å². The molecule has 0 amide bonds. The molecule has 1 aliphatic carbocycles. The standard InChI is InChI=1S/C22H34O2/c1-3-5-6-7-8-9-16-24-20-13-11-19(12-14-20)21-15-10-18(4-2)17-22(21)23/h11-14,18,21H,3-10,15-17H2,1-2H3. The molecule has 1 aromatic carbocycles. The monoisotopic (exact) mass is 330 g/mol. The highest BCUT2D eigenvalue weighted by molar-refractivity contribution is 5.86. The van der Waals surface area contributed by atoms with Crippen molar-refractivity contribution in [3.05, 3.63) is 29.8 Å². The third-order valence-electron chi connectivity index (χ3n) is 5.37. The van der Waals surface area contributed by atoms with E-state index in [1.165, 1.54) is 44.1 Å². The van der Waals surface area contributed by atoms with Crippen molar-refractivity contribution < 1.29 is 9.53 Å². The lowest BCUT2D eigenvalue weighted by molar-refractivity contribution is -0.123. The molecular formula is C22H34O2. The van der Waals surface area contributed by atoms with Gasteiger partial charge >= 0.3 is 0 Å². The Morgan fingerprint density at radius 1 is 0.958 bits per heavy atom. The van der Waals surface area contributed by atoms with Crippen molar-refractivity contribution in [2.75, 3.05) is 6.61 Å². The quantitative estimate of drug-likeness (QED) is 0.471. The van der Waals surface area contributed by atoms with Crippen molar-refractivity contribution in [3.8, 4) is 5.75 Å². The number of benzene rings is 1. The average Bonchev–Trinajstić information content (AvgIpc) is 2.61. The molecular weight excluding hydrogens is 296 g/mol. The van der Waals surface area contributed by atoms with Crippen LogP contribution in [0.3, 0.4) is 0 Å². The van der Waals surface area contributed by atoms with Gasteiger partial charge in [0.25, 0.3) is 0 Å². The Hall–Kier alpha value is -1.31. The Balaban J connectivity index is 1.72. The lowest BCUT2D eigenvalue weighted by Gasteiger charge is -2.27. The Labute approximate surface area is 148 Å². The Morgan fingerprint density at radius 3 is 2.33 bits per heavy atom. The second kappa shape index (κ2) is 10.5. The maximum Gasteiger partial charge on any atom is 0.140 e. The van der Waals surface area contributed by atoms with Crippen LogP contribution in [0.15, 0.2) is 24.3 Å². The van der Waals surface area contributed by atoms with Gasteiger partial charge in [0.1, 0.15) is 11.5 Å². The van der Waals surface area contributed by atoms with E-state index in [2.05, 4.69) is 26.0 Å². The van der Waals surface area contributed by atoms with E-state index >= 15 is 0 Å². The maximum absolute atomic E-state index is 12.3. The summed E-state index contributed by atoms with van der Waals surface area (Å²) in [5.74, 6) is 2.07. The van der Waals surface area contributed by atoms with E-state index in [-0.39, 0.29) is 5.92 Å². The molecule has 0 spiro atoms. The maximum atomic E-state index is 12.3. The topological polar surface area (TPSA) is 26.3 Å². The van der Waals surface area contributed by atoms with Gasteiger partial charge in [0, 0.05) is 12.3 Å². The zero-order valence-electron chi connectivity index (χ0n) is 15.6. The second-order valence-electron chi connectivity index (χ2n) is 7.26. The molecule has 2 heteroatoms. The van der Waals surface area contributed by atoms with Crippen LogP contribution in [-0.2, 0) is 4.79 Å². The summed E-state index contributed by atoms with van der Waals surface area (Å²) in [6.45, 7) is 5.23. The van der Waals surface area contributed by atoms with Crippen molar-refractivity contribution in [3.63, 3.8) is 0 Å². The predicted octanol–water partition coefficient (Wildman–Crippen LogP) is 6.29. The van der Waals surface area contributed by atoms with Crippen LogP contribution >= 0.6 is 0 Å². The first-order valence-electron chi connectivity index (χ1n) is 10.00. The van der Waals surface area contributed by atoms with Gasteiger partial charge in [-0.15, -0.1) is 0 Å². The van der Waals surface area contributed by atoms with E-state index in [0.717, 1.165) is 38.0 Å². The van der Waals surface area contributed by atoms with Gasteiger partial charge in [0.05, 0.1) is 6.61 Å². The highest BCUT2D eigenvalue weighted by Crippen LogP contribution is 2.35. The summed E-state index contributed by atoms with van der Waals surface area (Å²) in [6, 6.07) is 8.24. The summed E-state index contributed by atoms with van der Waals surface area (Å²) in [6.07, 6.45) is 11.8. The Kier molecular flexibility index (Phi) is 8.35. The summed E-state index contributed by atoms with van der Waals surface area (Å²) in [4.78, 5) is 12.3. The van der Waals surface area contributed by atoms with E-state index in [4.69, 9.17) is 4.74 Å². The number of Topliss-reactive ketones (excluding diaryl/α,β-unsaturated/α-hetero) is 1. The number of carbonyl (C=O) groups is 1. The van der Waals surface area contributed by atoms with Crippen LogP contribution in [0, 0.1) is 5.92 Å². The lowest BCUT2D eigenvalue weighted by atomic mass is 9.77. The number of carbonyl (C=O) groups excluding carboxylic acids is 1. The van der Waals surface area contributed by atoms with E-state index in [9.17, 15) is 4.79 Å². The van der Waals surface area contributed by atoms with Gasteiger partial charge in [-0.1, -0.05) is 64.5 Å². The van der Waals surface area contributed by atoms with Crippen molar-refractivity contribution in [2.45, 2.75) is 84.0 Å². The number of ketones is 1. The minimum atomic E-state index is 0.111. The third-order valence-corrected chi connectivity index (χ3v) is 5.37. The molecule has 0 bridgehead atoms. The fourth-order valence-electron chi connectivity index (χ4n) is 3.66. The SMILES string of the molecule is CCCCCCCCOc1ccc(C2CCC(CC)CC2=O)cc1. The number of hydrogen-bond donors (Lipinski definition) is 0. The van der Waals surface area contributed by atoms with Crippen molar-refractivity contribution >= 4 is 5.78 Å². The van der Waals surface area contributed by atoms with Crippen LogP contribution in [-0.4, -0.2) is 12.4 Å². The van der Waals surface area contributed by atoms with Gasteiger partial charge in [-0.05, 0) is 42.9 Å². The molecule has 1 fully saturated rings. The van der Waals surface area contributed by atoms with E-state index in [1.54, 1.807) is 0 Å². The van der Waals surface area contributed by atoms with Crippen LogP contribution in [0.2, 0.25) is 0 Å². The van der Waals surface area contributed by atoms with Crippen LogP contribution in [0.5, 0.6) is 5.75 Å². The molecule has 0 N–H and O–H groups in total. The number of hydrogen-bond acceptors (Lipinski definition) is 2. The van der Waals surface area contributed by atoms with Crippen molar-refractivity contribution in [1.29, 1.82) is 0 Å². The minimum Gasteiger partial charge on any atom is -0.494 e. The molecule has 24 heavy (non-hydrogen) atoms. The average molecular weight is 331 g/mol. The van der Waals surface area contributed by atoms with E-state index in [1.807, 2.05) is 12.1 Å². The summed E-state index contributed by atoms with van der Waals surface area (Å²) in [5.41, 5.74) is 1.17. The molecule has 0 heterocycles. The Bertz CT molecular complexity index is 477. The van der Waals surface area contributed by atoms with Gasteiger partial charge in [-0.2, -0.15) is 0 Å². The molecule has 1 aromatic rings. The third kappa shape index (κ3) is 5.96. The summed E-state index contributed by atoms with van der Waals surface area (Å²) in [7, 11) is 0. The fourth-order valence-corrected chi connectivity index (χ4v) is 3.66. The zero-order valence-corrected chi connectivity index (χ0v) is 15.6. The first kappa shape index (κ1) is 19.0. The normalized spacial score (nSPS) is 21.0. The largest absolute Gasteiger partial charge is 0.494 e. The number of ether oxygens (including phenoxy) is 1. The number of unbranched alkanes of at least 4 members (excludes halogenated alkanes) is 5. The highest BCUT2D eigenvalue weighted by atomic mass is 16.5. The molecule has 1 aliphatic rings. The van der Waals surface area contributed by atoms with Crippen molar-refractivity contribution in [2.24, 2.45) is 5.92 Å². The van der Waals surface area contributed by atoms with Crippen LogP contribution < -0.4 is 4.74 Å². The molecule has 0 aliphatic heterocycles. The minimum absolute atomic E-state index is 0.111. The summed E-state index contributed by atoms with van der Waals surface area (Å²) < 4.78 is 5.83. The summed E-state index contributed by atoms with van der Waals surface area (Å²) in [5, 5.41) is 0. The van der Waals surface area contributed by atoms with Crippen LogP contribution in [0.25, 0.3) is 0 Å². The molecule has 2 atom stereocenters. The smallest absolute Gasteiger partial charge is 0.140 e. The van der Waals surface area contributed by atoms with Gasteiger partial charge in [-0.3, -0.25) is 4.79 Å². The molecule has 2 nitrogen and oxygen atoms in total. The first-order chi connectivity index (χ1) is 11.7. The van der Waals surface area contributed by atoms with Gasteiger partial charge in [0.15, 0.2) is 0 Å². The van der Waals surface area contributed by atoms with Crippen LogP contribution in [0.1, 0.15) is 89.5 Å². The van der Waals surface area contributed by atoms with Crippen LogP contribution in [0.4, 0.5) is 0 Å². The predicted molar refractivity (Wildman–Crippen MR) is 101 cm³/mol.